The van der Waals surface area contributed by atoms with Crippen LogP contribution in [0.3, 0.4) is 0 Å². The summed E-state index contributed by atoms with van der Waals surface area (Å²) in [5.74, 6) is 0.801. The average molecular weight is 272 g/mol. The number of imidazole rings is 1. The molecular formula is C13H12N4OS. The second-order valence-electron chi connectivity index (χ2n) is 4.11. The molecule has 6 heteroatoms. The van der Waals surface area contributed by atoms with Crippen LogP contribution in [0.25, 0.3) is 11.0 Å². The summed E-state index contributed by atoms with van der Waals surface area (Å²) in [5, 5.41) is 7.95. The predicted molar refractivity (Wildman–Crippen MR) is 74.8 cm³/mol. The van der Waals surface area contributed by atoms with Crippen LogP contribution in [-0.4, -0.2) is 26.9 Å². The minimum atomic E-state index is 0.596. The zero-order chi connectivity index (χ0) is 13.2. The molecule has 1 N–H and O–H groups in total. The zero-order valence-corrected chi connectivity index (χ0v) is 11.1. The predicted octanol–water partition coefficient (Wildman–Crippen LogP) is 2.55. The van der Waals surface area contributed by atoms with Crippen LogP contribution in [0.5, 0.6) is 5.75 Å². The lowest BCUT2D eigenvalue weighted by atomic mass is 10.3. The molecule has 19 heavy (non-hydrogen) atoms. The van der Waals surface area contributed by atoms with Crippen LogP contribution in [0.2, 0.25) is 0 Å². The molecule has 0 bridgehead atoms. The molecule has 3 aromatic rings. The number of fused-ring (bicyclic) bond motifs is 1. The standard InChI is InChI=1S/C13H12N4OS/c1-18-10-4-5-12-11(7-10)15-13(19)17(12)8-9-3-2-6-14-16-9/h2-7H,8H2,1H3,(H,15,19). The molecule has 0 aliphatic carbocycles. The van der Waals surface area contributed by atoms with Gasteiger partial charge in [0, 0.05) is 12.3 Å². The molecule has 0 atom stereocenters. The third kappa shape index (κ3) is 2.22. The van der Waals surface area contributed by atoms with E-state index in [1.54, 1.807) is 13.3 Å². The molecule has 0 unspecified atom stereocenters. The van der Waals surface area contributed by atoms with Crippen LogP contribution in [0.4, 0.5) is 0 Å². The van der Waals surface area contributed by atoms with Crippen molar-refractivity contribution in [3.8, 4) is 5.75 Å². The number of rotatable bonds is 3. The highest BCUT2D eigenvalue weighted by molar-refractivity contribution is 7.71. The summed E-state index contributed by atoms with van der Waals surface area (Å²) in [6, 6.07) is 9.62. The van der Waals surface area contributed by atoms with Crippen LogP contribution < -0.4 is 4.74 Å². The number of aromatic nitrogens is 4. The smallest absolute Gasteiger partial charge is 0.178 e. The largest absolute Gasteiger partial charge is 0.497 e. The van der Waals surface area contributed by atoms with Gasteiger partial charge in [-0.15, -0.1) is 0 Å². The fourth-order valence-electron chi connectivity index (χ4n) is 2.01. The molecule has 0 amide bonds. The first kappa shape index (κ1) is 11.9. The topological polar surface area (TPSA) is 55.7 Å². The Morgan fingerprint density at radius 2 is 2.26 bits per heavy atom. The molecule has 96 valence electrons. The summed E-state index contributed by atoms with van der Waals surface area (Å²) in [6.07, 6.45) is 1.66. The molecule has 2 aromatic heterocycles. The summed E-state index contributed by atoms with van der Waals surface area (Å²) >= 11 is 5.35. The Hall–Kier alpha value is -2.21. The lowest BCUT2D eigenvalue weighted by molar-refractivity contribution is 0.415. The third-order valence-corrected chi connectivity index (χ3v) is 3.25. The van der Waals surface area contributed by atoms with Crippen molar-refractivity contribution < 1.29 is 4.74 Å². The lowest BCUT2D eigenvalue weighted by Crippen LogP contribution is -2.02. The number of methoxy groups -OCH3 is 1. The number of hydrogen-bond donors (Lipinski definition) is 1. The molecule has 0 fully saturated rings. The van der Waals surface area contributed by atoms with Crippen molar-refractivity contribution in [3.05, 3.63) is 47.0 Å². The van der Waals surface area contributed by atoms with Gasteiger partial charge >= 0.3 is 0 Å². The summed E-state index contributed by atoms with van der Waals surface area (Å²) < 4.78 is 7.86. The van der Waals surface area contributed by atoms with E-state index < -0.39 is 0 Å². The van der Waals surface area contributed by atoms with Crippen molar-refractivity contribution >= 4 is 23.3 Å². The van der Waals surface area contributed by atoms with Gasteiger partial charge < -0.3 is 14.3 Å². The van der Waals surface area contributed by atoms with Crippen LogP contribution in [0.1, 0.15) is 5.69 Å². The van der Waals surface area contributed by atoms with Crippen LogP contribution >= 0.6 is 12.2 Å². The van der Waals surface area contributed by atoms with Gasteiger partial charge in [0.15, 0.2) is 4.77 Å². The van der Waals surface area contributed by atoms with Gasteiger partial charge in [-0.1, -0.05) is 0 Å². The van der Waals surface area contributed by atoms with E-state index in [-0.39, 0.29) is 0 Å². The maximum absolute atomic E-state index is 5.35. The Balaban J connectivity index is 2.09. The first-order valence-electron chi connectivity index (χ1n) is 5.81. The minimum absolute atomic E-state index is 0.596. The van der Waals surface area contributed by atoms with Gasteiger partial charge in [0.1, 0.15) is 5.75 Å². The summed E-state index contributed by atoms with van der Waals surface area (Å²) in [6.45, 7) is 0.596. The Labute approximate surface area is 114 Å². The zero-order valence-electron chi connectivity index (χ0n) is 10.3. The van der Waals surface area contributed by atoms with Gasteiger partial charge in [0.05, 0.1) is 30.4 Å². The van der Waals surface area contributed by atoms with E-state index in [0.29, 0.717) is 11.3 Å². The highest BCUT2D eigenvalue weighted by atomic mass is 32.1. The number of nitrogens with one attached hydrogen (secondary N) is 1. The van der Waals surface area contributed by atoms with E-state index in [9.17, 15) is 0 Å². The fraction of sp³-hybridized carbons (Fsp3) is 0.154. The third-order valence-electron chi connectivity index (χ3n) is 2.93. The van der Waals surface area contributed by atoms with Crippen molar-refractivity contribution in [2.75, 3.05) is 7.11 Å². The SMILES string of the molecule is COc1ccc2c(c1)[nH]c(=S)n2Cc1cccnn1. The van der Waals surface area contributed by atoms with Gasteiger partial charge in [0.2, 0.25) is 0 Å². The average Bonchev–Trinajstić information content (AvgIpc) is 2.75. The molecule has 0 radical (unpaired) electrons. The number of hydrogen-bond acceptors (Lipinski definition) is 4. The Kier molecular flexibility index (Phi) is 3.00. The fourth-order valence-corrected chi connectivity index (χ4v) is 2.28. The molecular weight excluding hydrogens is 260 g/mol. The van der Waals surface area contributed by atoms with E-state index in [1.165, 1.54) is 0 Å². The summed E-state index contributed by atoms with van der Waals surface area (Å²) in [4.78, 5) is 3.17. The van der Waals surface area contributed by atoms with Crippen LogP contribution in [-0.2, 0) is 6.54 Å². The number of benzene rings is 1. The van der Waals surface area contributed by atoms with Crippen molar-refractivity contribution in [2.24, 2.45) is 0 Å². The first-order chi connectivity index (χ1) is 9.28. The number of H-pyrrole nitrogens is 1. The van der Waals surface area contributed by atoms with E-state index in [4.69, 9.17) is 17.0 Å². The van der Waals surface area contributed by atoms with E-state index >= 15 is 0 Å². The molecule has 0 spiro atoms. The maximum atomic E-state index is 5.35. The lowest BCUT2D eigenvalue weighted by Gasteiger charge is -2.04. The molecule has 3 rings (SSSR count). The van der Waals surface area contributed by atoms with Gasteiger partial charge in [-0.3, -0.25) is 0 Å². The highest BCUT2D eigenvalue weighted by Crippen LogP contribution is 2.21. The summed E-state index contributed by atoms with van der Waals surface area (Å²) in [5.41, 5.74) is 2.85. The highest BCUT2D eigenvalue weighted by Gasteiger charge is 2.06. The van der Waals surface area contributed by atoms with Crippen molar-refractivity contribution in [2.45, 2.75) is 6.54 Å². The van der Waals surface area contributed by atoms with Crippen LogP contribution in [0, 0.1) is 4.77 Å². The minimum Gasteiger partial charge on any atom is -0.497 e. The van der Waals surface area contributed by atoms with E-state index in [1.807, 2.05) is 34.9 Å². The van der Waals surface area contributed by atoms with Gasteiger partial charge in [-0.05, 0) is 36.5 Å². The molecule has 5 nitrogen and oxygen atoms in total. The Bertz CT molecular complexity index is 763. The first-order valence-corrected chi connectivity index (χ1v) is 6.22. The van der Waals surface area contributed by atoms with Gasteiger partial charge in [0.25, 0.3) is 0 Å². The van der Waals surface area contributed by atoms with Crippen molar-refractivity contribution in [1.29, 1.82) is 0 Å². The van der Waals surface area contributed by atoms with E-state index in [0.717, 1.165) is 22.5 Å². The molecule has 0 aliphatic heterocycles. The van der Waals surface area contributed by atoms with Crippen molar-refractivity contribution in [3.63, 3.8) is 0 Å². The Morgan fingerprint density at radius 3 is 3.00 bits per heavy atom. The second kappa shape index (κ2) is 4.81. The molecule has 2 heterocycles. The number of ether oxygens (including phenoxy) is 1. The Morgan fingerprint density at radius 1 is 1.37 bits per heavy atom. The quantitative estimate of drug-likeness (QED) is 0.744. The monoisotopic (exact) mass is 272 g/mol. The van der Waals surface area contributed by atoms with Gasteiger partial charge in [-0.25, -0.2) is 0 Å². The molecule has 0 aliphatic rings. The molecule has 0 saturated carbocycles. The number of aromatic amines is 1. The van der Waals surface area contributed by atoms with Crippen molar-refractivity contribution in [1.82, 2.24) is 19.7 Å². The van der Waals surface area contributed by atoms with Gasteiger partial charge in [-0.2, -0.15) is 10.2 Å². The van der Waals surface area contributed by atoms with Crippen LogP contribution in [0.15, 0.2) is 36.5 Å². The molecule has 0 saturated heterocycles. The maximum Gasteiger partial charge on any atom is 0.178 e. The second-order valence-corrected chi connectivity index (χ2v) is 4.50. The van der Waals surface area contributed by atoms with E-state index in [2.05, 4.69) is 15.2 Å². The molecule has 1 aromatic carbocycles. The summed E-state index contributed by atoms with van der Waals surface area (Å²) in [7, 11) is 1.65. The number of nitrogens with zero attached hydrogens (tertiary/aromatic N) is 3. The normalized spacial score (nSPS) is 10.8.